The highest BCUT2D eigenvalue weighted by molar-refractivity contribution is 5.85. The van der Waals surface area contributed by atoms with Crippen molar-refractivity contribution in [2.24, 2.45) is 0 Å². The van der Waals surface area contributed by atoms with E-state index < -0.39 is 36.7 Å². The fourth-order valence-electron chi connectivity index (χ4n) is 0.584. The van der Waals surface area contributed by atoms with E-state index in [1.165, 1.54) is 0 Å². The Morgan fingerprint density at radius 1 is 1.31 bits per heavy atom. The summed E-state index contributed by atoms with van der Waals surface area (Å²) in [5, 5.41) is 33.6. The molecule has 0 saturated heterocycles. The lowest BCUT2D eigenvalue weighted by atomic mass is 10.1. The number of Topliss-reactive ketones (excluding diaryl/α,β-unsaturated/α-hetero) is 1. The molecule has 0 radical (unpaired) electrons. The second kappa shape index (κ2) is 4.85. The van der Waals surface area contributed by atoms with Gasteiger partial charge in [0.2, 0.25) is 0 Å². The summed E-state index contributed by atoms with van der Waals surface area (Å²) in [4.78, 5) is 20.4. The van der Waals surface area contributed by atoms with Crippen molar-refractivity contribution in [1.29, 1.82) is 0 Å². The molecule has 0 heterocycles. The molecule has 3 atom stereocenters. The maximum atomic E-state index is 12.6. The van der Waals surface area contributed by atoms with Gasteiger partial charge in [-0.1, -0.05) is 0 Å². The first-order valence-electron chi connectivity index (χ1n) is 3.28. The van der Waals surface area contributed by atoms with Crippen molar-refractivity contribution in [2.45, 2.75) is 18.4 Å². The smallest absolute Gasteiger partial charge is 0.335 e. The first-order valence-corrected chi connectivity index (χ1v) is 3.28. The van der Waals surface area contributed by atoms with Gasteiger partial charge in [0.1, 0.15) is 12.7 Å². The van der Waals surface area contributed by atoms with Crippen LogP contribution in [0.25, 0.3) is 0 Å². The van der Waals surface area contributed by atoms with Crippen LogP contribution in [0.3, 0.4) is 0 Å². The number of carboxylic acid groups (broad SMARTS) is 1. The predicted octanol–water partition coefficient (Wildman–Crippen LogP) is -2.31. The van der Waals surface area contributed by atoms with Gasteiger partial charge in [-0.15, -0.1) is 0 Å². The van der Waals surface area contributed by atoms with Crippen molar-refractivity contribution in [3.05, 3.63) is 0 Å². The fraction of sp³-hybridized carbons (Fsp3) is 0.667. The Kier molecular flexibility index (Phi) is 4.46. The fourth-order valence-corrected chi connectivity index (χ4v) is 0.584. The minimum atomic E-state index is -2.60. The summed E-state index contributed by atoms with van der Waals surface area (Å²) >= 11 is 0. The molecule has 0 aromatic heterocycles. The van der Waals surface area contributed by atoms with Crippen LogP contribution < -0.4 is 0 Å². The van der Waals surface area contributed by atoms with Crippen molar-refractivity contribution in [2.75, 3.05) is 6.61 Å². The third-order valence-electron chi connectivity index (χ3n) is 1.34. The van der Waals surface area contributed by atoms with Gasteiger partial charge in [-0.25, -0.2) is 9.18 Å². The molecule has 6 nitrogen and oxygen atoms in total. The average molecular weight is 196 g/mol. The van der Waals surface area contributed by atoms with Crippen molar-refractivity contribution >= 4 is 11.8 Å². The molecule has 4 N–H and O–H groups in total. The number of carbonyl (C=O) groups excluding carboxylic acids is 1. The standard InChI is InChI=1S/C6H9FO6/c7-3(2(9)1-8)4(10)5(11)6(12)13/h3-5,8,10-11H,1H2,(H,12,13)/t3-,4+,5+/m1/s1. The first kappa shape index (κ1) is 11.9. The van der Waals surface area contributed by atoms with Crippen molar-refractivity contribution in [1.82, 2.24) is 0 Å². The third kappa shape index (κ3) is 3.05. The number of hydrogen-bond donors (Lipinski definition) is 4. The van der Waals surface area contributed by atoms with Gasteiger partial charge in [-0.3, -0.25) is 4.79 Å². The van der Waals surface area contributed by atoms with E-state index >= 15 is 0 Å². The van der Waals surface area contributed by atoms with Crippen LogP contribution >= 0.6 is 0 Å². The van der Waals surface area contributed by atoms with E-state index in [-0.39, 0.29) is 0 Å². The number of hydrogen-bond acceptors (Lipinski definition) is 5. The van der Waals surface area contributed by atoms with Gasteiger partial charge in [0.25, 0.3) is 0 Å². The lowest BCUT2D eigenvalue weighted by molar-refractivity contribution is -0.157. The molecule has 0 unspecified atom stereocenters. The van der Waals surface area contributed by atoms with Crippen LogP contribution in [0.1, 0.15) is 0 Å². The summed E-state index contributed by atoms with van der Waals surface area (Å²) in [6.07, 6.45) is -7.35. The number of alkyl halides is 1. The summed E-state index contributed by atoms with van der Waals surface area (Å²) in [7, 11) is 0. The maximum absolute atomic E-state index is 12.6. The quantitative estimate of drug-likeness (QED) is 0.393. The van der Waals surface area contributed by atoms with Crippen molar-refractivity contribution in [3.63, 3.8) is 0 Å². The Morgan fingerprint density at radius 3 is 2.08 bits per heavy atom. The van der Waals surface area contributed by atoms with E-state index in [0.29, 0.717) is 0 Å². The minimum absolute atomic E-state index is 1.16. The molecule has 0 rings (SSSR count). The second-order valence-corrected chi connectivity index (χ2v) is 2.30. The number of carboxylic acids is 1. The Morgan fingerprint density at radius 2 is 1.77 bits per heavy atom. The molecule has 13 heavy (non-hydrogen) atoms. The number of carbonyl (C=O) groups is 2. The molecule has 0 spiro atoms. The van der Waals surface area contributed by atoms with Gasteiger partial charge >= 0.3 is 5.97 Å². The highest BCUT2D eigenvalue weighted by Gasteiger charge is 2.35. The summed E-state index contributed by atoms with van der Waals surface area (Å²) in [6, 6.07) is 0. The molecule has 76 valence electrons. The van der Waals surface area contributed by atoms with Crippen LogP contribution in [0.2, 0.25) is 0 Å². The van der Waals surface area contributed by atoms with Crippen LogP contribution in [0.15, 0.2) is 0 Å². The molecular formula is C6H9FO6. The van der Waals surface area contributed by atoms with Crippen LogP contribution in [-0.2, 0) is 9.59 Å². The second-order valence-electron chi connectivity index (χ2n) is 2.30. The van der Waals surface area contributed by atoms with E-state index in [1.807, 2.05) is 0 Å². The third-order valence-corrected chi connectivity index (χ3v) is 1.34. The normalized spacial score (nSPS) is 17.5. The van der Waals surface area contributed by atoms with Gasteiger partial charge < -0.3 is 20.4 Å². The number of aliphatic carboxylic acids is 1. The largest absolute Gasteiger partial charge is 0.479 e. The van der Waals surface area contributed by atoms with Gasteiger partial charge in [-0.05, 0) is 0 Å². The maximum Gasteiger partial charge on any atom is 0.335 e. The van der Waals surface area contributed by atoms with Crippen LogP contribution in [0.5, 0.6) is 0 Å². The van der Waals surface area contributed by atoms with E-state index in [9.17, 15) is 14.0 Å². The van der Waals surface area contributed by atoms with E-state index in [2.05, 4.69) is 0 Å². The topological polar surface area (TPSA) is 115 Å². The number of aliphatic hydroxyl groups is 3. The number of rotatable bonds is 5. The van der Waals surface area contributed by atoms with Crippen LogP contribution in [-0.4, -0.2) is 57.2 Å². The summed E-state index contributed by atoms with van der Waals surface area (Å²) in [5.74, 6) is -3.23. The summed E-state index contributed by atoms with van der Waals surface area (Å²) < 4.78 is 12.6. The zero-order valence-corrected chi connectivity index (χ0v) is 6.42. The molecule has 0 bridgehead atoms. The van der Waals surface area contributed by atoms with Gasteiger partial charge in [0.05, 0.1) is 0 Å². The highest BCUT2D eigenvalue weighted by atomic mass is 19.1. The minimum Gasteiger partial charge on any atom is -0.479 e. The molecule has 0 amide bonds. The van der Waals surface area contributed by atoms with E-state index in [0.717, 1.165) is 0 Å². The van der Waals surface area contributed by atoms with Crippen LogP contribution in [0.4, 0.5) is 4.39 Å². The van der Waals surface area contributed by atoms with Gasteiger partial charge in [0.15, 0.2) is 18.1 Å². The Labute approximate surface area is 72.2 Å². The first-order chi connectivity index (χ1) is 5.91. The lowest BCUT2D eigenvalue weighted by Gasteiger charge is -2.16. The summed E-state index contributed by atoms with van der Waals surface area (Å²) in [5.41, 5.74) is 0. The molecule has 0 aliphatic heterocycles. The predicted molar refractivity (Wildman–Crippen MR) is 36.6 cm³/mol. The molecule has 0 aliphatic carbocycles. The zero-order chi connectivity index (χ0) is 10.6. The molecule has 0 aromatic carbocycles. The van der Waals surface area contributed by atoms with Crippen molar-refractivity contribution in [3.8, 4) is 0 Å². The molecule has 0 aliphatic rings. The number of aliphatic hydroxyl groups excluding tert-OH is 3. The van der Waals surface area contributed by atoms with Crippen molar-refractivity contribution < 1.29 is 34.4 Å². The molecule has 0 fully saturated rings. The highest BCUT2D eigenvalue weighted by Crippen LogP contribution is 2.05. The molecule has 0 aromatic rings. The SMILES string of the molecule is O=C(O)[C@@H](O)[C@@H](O)[C@H](F)C(=O)CO. The molecule has 0 saturated carbocycles. The van der Waals surface area contributed by atoms with Gasteiger partial charge in [-0.2, -0.15) is 0 Å². The van der Waals surface area contributed by atoms with Gasteiger partial charge in [0, 0.05) is 0 Å². The zero-order valence-electron chi connectivity index (χ0n) is 6.42. The Hall–Kier alpha value is -1.05. The number of halogens is 1. The Bertz CT molecular complexity index is 205. The van der Waals surface area contributed by atoms with E-state index in [4.69, 9.17) is 20.4 Å². The lowest BCUT2D eigenvalue weighted by Crippen LogP contribution is -2.44. The Balaban J connectivity index is 4.32. The average Bonchev–Trinajstić information content (AvgIpc) is 2.12. The van der Waals surface area contributed by atoms with E-state index in [1.54, 1.807) is 0 Å². The molecule has 7 heteroatoms. The monoisotopic (exact) mass is 196 g/mol. The molecular weight excluding hydrogens is 187 g/mol. The summed E-state index contributed by atoms with van der Waals surface area (Å²) in [6.45, 7) is -1.16. The number of ketones is 1. The van der Waals surface area contributed by atoms with Crippen LogP contribution in [0, 0.1) is 0 Å².